The number of methoxy groups -OCH3 is 1. The Morgan fingerprint density at radius 2 is 1.48 bits per heavy atom. The smallest absolute Gasteiger partial charge is 0.314 e. The number of ether oxygens (including phenoxy) is 1. The van der Waals surface area contributed by atoms with Gasteiger partial charge >= 0.3 is 11.8 Å². The van der Waals surface area contributed by atoms with E-state index in [0.717, 1.165) is 0 Å². The highest BCUT2D eigenvalue weighted by Crippen LogP contribution is 2.22. The van der Waals surface area contributed by atoms with Gasteiger partial charge in [0.05, 0.1) is 12.8 Å². The lowest BCUT2D eigenvalue weighted by Gasteiger charge is -2.10. The van der Waals surface area contributed by atoms with Gasteiger partial charge < -0.3 is 15.4 Å². The first-order valence-electron chi connectivity index (χ1n) is 6.87. The fourth-order valence-electron chi connectivity index (χ4n) is 1.90. The number of para-hydroxylation sites is 2. The molecule has 0 aliphatic rings. The minimum Gasteiger partial charge on any atom is -0.495 e. The lowest BCUT2D eigenvalue weighted by Crippen LogP contribution is -2.29. The molecule has 2 amide bonds. The van der Waals surface area contributed by atoms with Gasteiger partial charge in [0.2, 0.25) is 0 Å². The monoisotopic (exact) mass is 312 g/mol. The molecule has 6 nitrogen and oxygen atoms in total. The summed E-state index contributed by atoms with van der Waals surface area (Å²) in [5.74, 6) is -1.24. The van der Waals surface area contributed by atoms with E-state index in [1.807, 2.05) is 0 Å². The molecular weight excluding hydrogens is 296 g/mol. The molecule has 2 N–H and O–H groups in total. The van der Waals surface area contributed by atoms with E-state index in [4.69, 9.17) is 4.74 Å². The van der Waals surface area contributed by atoms with Crippen LogP contribution in [0.25, 0.3) is 0 Å². The molecule has 0 aromatic heterocycles. The highest BCUT2D eigenvalue weighted by atomic mass is 16.5. The van der Waals surface area contributed by atoms with Crippen molar-refractivity contribution in [1.82, 2.24) is 0 Å². The van der Waals surface area contributed by atoms with E-state index in [2.05, 4.69) is 10.6 Å². The molecule has 0 saturated heterocycles. The molecule has 6 heteroatoms. The summed E-state index contributed by atoms with van der Waals surface area (Å²) >= 11 is 0. The van der Waals surface area contributed by atoms with Crippen LogP contribution in [0, 0.1) is 0 Å². The van der Waals surface area contributed by atoms with Crippen LogP contribution in [0.5, 0.6) is 5.75 Å². The Morgan fingerprint density at radius 1 is 0.870 bits per heavy atom. The summed E-state index contributed by atoms with van der Waals surface area (Å²) in [7, 11) is 1.47. The number of hydrogen-bond donors (Lipinski definition) is 2. The SMILES string of the molecule is COc1ccccc1NC(=O)C(=O)Nc1ccc(C(C)=O)cc1. The quantitative estimate of drug-likeness (QED) is 0.671. The van der Waals surface area contributed by atoms with Crippen molar-refractivity contribution in [2.75, 3.05) is 17.7 Å². The number of rotatable bonds is 4. The predicted molar refractivity (Wildman–Crippen MR) is 86.7 cm³/mol. The van der Waals surface area contributed by atoms with E-state index in [1.54, 1.807) is 48.5 Å². The Labute approximate surface area is 133 Å². The van der Waals surface area contributed by atoms with Crippen molar-refractivity contribution < 1.29 is 19.1 Å². The Bertz CT molecular complexity index is 739. The minimum absolute atomic E-state index is 0.0724. The number of benzene rings is 2. The largest absolute Gasteiger partial charge is 0.495 e. The van der Waals surface area contributed by atoms with Gasteiger partial charge in [0.1, 0.15) is 5.75 Å². The van der Waals surface area contributed by atoms with Gasteiger partial charge in [-0.05, 0) is 43.3 Å². The van der Waals surface area contributed by atoms with Crippen molar-refractivity contribution in [3.05, 3.63) is 54.1 Å². The molecule has 0 saturated carbocycles. The molecule has 118 valence electrons. The van der Waals surface area contributed by atoms with Crippen LogP contribution < -0.4 is 15.4 Å². The number of ketones is 1. The molecule has 0 aliphatic carbocycles. The molecule has 0 aliphatic heterocycles. The topological polar surface area (TPSA) is 84.5 Å². The van der Waals surface area contributed by atoms with Crippen LogP contribution in [0.15, 0.2) is 48.5 Å². The first-order valence-corrected chi connectivity index (χ1v) is 6.87. The van der Waals surface area contributed by atoms with Crippen LogP contribution in [0.1, 0.15) is 17.3 Å². The Balaban J connectivity index is 2.02. The fraction of sp³-hybridized carbons (Fsp3) is 0.118. The zero-order valence-electron chi connectivity index (χ0n) is 12.8. The fourth-order valence-corrected chi connectivity index (χ4v) is 1.90. The molecule has 2 aromatic carbocycles. The average Bonchev–Trinajstić information content (AvgIpc) is 2.55. The van der Waals surface area contributed by atoms with Gasteiger partial charge in [-0.15, -0.1) is 0 Å². The van der Waals surface area contributed by atoms with Gasteiger partial charge in [0.25, 0.3) is 0 Å². The number of hydrogen-bond acceptors (Lipinski definition) is 4. The maximum atomic E-state index is 11.9. The minimum atomic E-state index is -0.815. The number of carbonyl (C=O) groups excluding carboxylic acids is 3. The molecule has 2 rings (SSSR count). The predicted octanol–water partition coefficient (Wildman–Crippen LogP) is 2.48. The maximum absolute atomic E-state index is 11.9. The van der Waals surface area contributed by atoms with Gasteiger partial charge in [0, 0.05) is 11.3 Å². The molecule has 0 fully saturated rings. The van der Waals surface area contributed by atoms with Gasteiger partial charge in [-0.3, -0.25) is 14.4 Å². The summed E-state index contributed by atoms with van der Waals surface area (Å²) in [6.07, 6.45) is 0. The van der Waals surface area contributed by atoms with Crippen molar-refractivity contribution in [2.45, 2.75) is 6.92 Å². The van der Waals surface area contributed by atoms with Crippen LogP contribution in [-0.2, 0) is 9.59 Å². The van der Waals surface area contributed by atoms with Crippen molar-refractivity contribution >= 4 is 29.0 Å². The number of Topliss-reactive ketones (excluding diaryl/α,β-unsaturated/α-hetero) is 1. The Kier molecular flexibility index (Phi) is 5.09. The number of anilines is 2. The highest BCUT2D eigenvalue weighted by Gasteiger charge is 2.15. The first-order chi connectivity index (χ1) is 11.0. The summed E-state index contributed by atoms with van der Waals surface area (Å²) in [5, 5.41) is 4.94. The third kappa shape index (κ3) is 4.16. The van der Waals surface area contributed by atoms with Crippen LogP contribution in [0.4, 0.5) is 11.4 Å². The highest BCUT2D eigenvalue weighted by molar-refractivity contribution is 6.43. The first kappa shape index (κ1) is 16.2. The molecule has 0 bridgehead atoms. The lowest BCUT2D eigenvalue weighted by molar-refractivity contribution is -0.133. The standard InChI is InChI=1S/C17H16N2O4/c1-11(20)12-7-9-13(10-8-12)18-16(21)17(22)19-14-5-3-4-6-15(14)23-2/h3-10H,1-2H3,(H,18,21)(H,19,22). The summed E-state index contributed by atoms with van der Waals surface area (Å²) < 4.78 is 5.10. The summed E-state index contributed by atoms with van der Waals surface area (Å²) in [6, 6.07) is 13.1. The van der Waals surface area contributed by atoms with Crippen molar-refractivity contribution in [2.24, 2.45) is 0 Å². The Hall–Kier alpha value is -3.15. The van der Waals surface area contributed by atoms with E-state index in [1.165, 1.54) is 14.0 Å². The normalized spacial score (nSPS) is 9.83. The molecule has 0 radical (unpaired) electrons. The van der Waals surface area contributed by atoms with E-state index in [9.17, 15) is 14.4 Å². The zero-order valence-corrected chi connectivity index (χ0v) is 12.8. The Morgan fingerprint density at radius 3 is 2.09 bits per heavy atom. The van der Waals surface area contributed by atoms with E-state index in [-0.39, 0.29) is 5.78 Å². The van der Waals surface area contributed by atoms with Gasteiger partial charge in [0.15, 0.2) is 5.78 Å². The molecule has 0 atom stereocenters. The summed E-state index contributed by atoms with van der Waals surface area (Å²) in [6.45, 7) is 1.45. The second-order valence-corrected chi connectivity index (χ2v) is 4.74. The van der Waals surface area contributed by atoms with E-state index < -0.39 is 11.8 Å². The molecule has 2 aromatic rings. The average molecular weight is 312 g/mol. The molecule has 0 spiro atoms. The molecule has 0 heterocycles. The van der Waals surface area contributed by atoms with E-state index >= 15 is 0 Å². The second-order valence-electron chi connectivity index (χ2n) is 4.74. The number of carbonyl (C=O) groups is 3. The summed E-state index contributed by atoms with van der Waals surface area (Å²) in [4.78, 5) is 35.0. The van der Waals surface area contributed by atoms with Crippen molar-refractivity contribution in [3.8, 4) is 5.75 Å². The van der Waals surface area contributed by atoms with Crippen LogP contribution in [0.2, 0.25) is 0 Å². The number of amides is 2. The summed E-state index contributed by atoms with van der Waals surface area (Å²) in [5.41, 5.74) is 1.36. The maximum Gasteiger partial charge on any atom is 0.314 e. The van der Waals surface area contributed by atoms with Gasteiger partial charge in [-0.1, -0.05) is 12.1 Å². The van der Waals surface area contributed by atoms with Crippen LogP contribution in [0.3, 0.4) is 0 Å². The zero-order chi connectivity index (χ0) is 16.8. The second kappa shape index (κ2) is 7.22. The van der Waals surface area contributed by atoms with Crippen LogP contribution in [-0.4, -0.2) is 24.7 Å². The van der Waals surface area contributed by atoms with Gasteiger partial charge in [-0.2, -0.15) is 0 Å². The van der Waals surface area contributed by atoms with Crippen molar-refractivity contribution in [3.63, 3.8) is 0 Å². The third-order valence-corrected chi connectivity index (χ3v) is 3.11. The molecular formula is C17H16N2O4. The lowest BCUT2D eigenvalue weighted by atomic mass is 10.1. The van der Waals surface area contributed by atoms with Gasteiger partial charge in [-0.25, -0.2) is 0 Å². The molecule has 23 heavy (non-hydrogen) atoms. The number of nitrogens with one attached hydrogen (secondary N) is 2. The third-order valence-electron chi connectivity index (χ3n) is 3.11. The van der Waals surface area contributed by atoms with Crippen LogP contribution >= 0.6 is 0 Å². The van der Waals surface area contributed by atoms with Crippen molar-refractivity contribution in [1.29, 1.82) is 0 Å². The molecule has 0 unspecified atom stereocenters. The van der Waals surface area contributed by atoms with E-state index in [0.29, 0.717) is 22.7 Å².